The second-order valence-electron chi connectivity index (χ2n) is 8.08. The largest absolute Gasteiger partial charge is 0.454 e. The quantitative estimate of drug-likeness (QED) is 0.900. The van der Waals surface area contributed by atoms with Gasteiger partial charge in [0.05, 0.1) is 6.61 Å². The van der Waals surface area contributed by atoms with Crippen LogP contribution in [0.15, 0.2) is 18.2 Å². The summed E-state index contributed by atoms with van der Waals surface area (Å²) in [4.78, 5) is 14.3. The number of aliphatic hydroxyl groups is 1. The first-order chi connectivity index (χ1) is 11.5. The molecular formula is C19H25NO4. The van der Waals surface area contributed by atoms with Crippen LogP contribution in [0.2, 0.25) is 0 Å². The van der Waals surface area contributed by atoms with Gasteiger partial charge in [0.15, 0.2) is 11.5 Å². The number of benzene rings is 1. The van der Waals surface area contributed by atoms with Gasteiger partial charge >= 0.3 is 0 Å². The Bertz CT molecular complexity index is 655. The van der Waals surface area contributed by atoms with E-state index >= 15 is 0 Å². The molecule has 1 unspecified atom stereocenters. The van der Waals surface area contributed by atoms with Crippen molar-refractivity contribution < 1.29 is 19.4 Å². The number of carbonyl (C=O) groups is 1. The Morgan fingerprint density at radius 1 is 1.21 bits per heavy atom. The first-order valence-electron chi connectivity index (χ1n) is 8.78. The van der Waals surface area contributed by atoms with Crippen molar-refractivity contribution in [3.63, 3.8) is 0 Å². The fourth-order valence-corrected chi connectivity index (χ4v) is 3.97. The van der Waals surface area contributed by atoms with Gasteiger partial charge in [0.2, 0.25) is 12.7 Å². The lowest BCUT2D eigenvalue weighted by Crippen LogP contribution is -2.48. The van der Waals surface area contributed by atoms with Crippen LogP contribution in [0.5, 0.6) is 11.5 Å². The van der Waals surface area contributed by atoms with Crippen LogP contribution < -0.4 is 9.47 Å². The van der Waals surface area contributed by atoms with Crippen molar-refractivity contribution >= 4 is 5.91 Å². The van der Waals surface area contributed by atoms with Crippen molar-refractivity contribution in [3.05, 3.63) is 23.8 Å². The number of ether oxygens (including phenoxy) is 2. The summed E-state index contributed by atoms with van der Waals surface area (Å²) in [7, 11) is 0. The number of likely N-dealkylation sites (tertiary alicyclic amines) is 1. The molecule has 4 rings (SSSR count). The molecule has 3 aliphatic rings. The van der Waals surface area contributed by atoms with Crippen LogP contribution >= 0.6 is 0 Å². The minimum Gasteiger partial charge on any atom is -0.454 e. The molecule has 1 N–H and O–H groups in total. The lowest BCUT2D eigenvalue weighted by atomic mass is 9.76. The summed E-state index contributed by atoms with van der Waals surface area (Å²) in [5.74, 6) is 1.86. The highest BCUT2D eigenvalue weighted by atomic mass is 16.7. The normalized spacial score (nSPS) is 27.4. The molecule has 1 aromatic rings. The molecule has 24 heavy (non-hydrogen) atoms. The zero-order valence-corrected chi connectivity index (χ0v) is 14.2. The van der Waals surface area contributed by atoms with Gasteiger partial charge in [0, 0.05) is 24.9 Å². The van der Waals surface area contributed by atoms with Crippen molar-refractivity contribution in [1.82, 2.24) is 4.90 Å². The van der Waals surface area contributed by atoms with Gasteiger partial charge in [-0.25, -0.2) is 0 Å². The maximum absolute atomic E-state index is 12.3. The Morgan fingerprint density at radius 3 is 2.75 bits per heavy atom. The predicted octanol–water partition coefficient (Wildman–Crippen LogP) is 2.36. The first-order valence-corrected chi connectivity index (χ1v) is 8.78. The molecule has 130 valence electrons. The summed E-state index contributed by atoms with van der Waals surface area (Å²) in [5.41, 5.74) is 1.26. The summed E-state index contributed by atoms with van der Waals surface area (Å²) in [6.07, 6.45) is 4.49. The molecule has 0 bridgehead atoms. The predicted molar refractivity (Wildman–Crippen MR) is 88.9 cm³/mol. The summed E-state index contributed by atoms with van der Waals surface area (Å²) < 4.78 is 10.8. The van der Waals surface area contributed by atoms with Crippen molar-refractivity contribution in [1.29, 1.82) is 0 Å². The molecule has 2 heterocycles. The summed E-state index contributed by atoms with van der Waals surface area (Å²) in [5, 5.41) is 9.56. The monoisotopic (exact) mass is 331 g/mol. The molecule has 1 aromatic carbocycles. The number of piperidine rings is 1. The van der Waals surface area contributed by atoms with Gasteiger partial charge in [-0.2, -0.15) is 0 Å². The third-order valence-electron chi connectivity index (χ3n) is 5.75. The molecule has 2 aliphatic heterocycles. The topological polar surface area (TPSA) is 59.0 Å². The van der Waals surface area contributed by atoms with E-state index in [0.717, 1.165) is 43.7 Å². The Hall–Kier alpha value is -1.75. The number of hydrogen-bond donors (Lipinski definition) is 1. The zero-order chi connectivity index (χ0) is 16.8. The molecule has 5 nitrogen and oxygen atoms in total. The lowest BCUT2D eigenvalue weighted by molar-refractivity contribution is -0.138. The number of hydrogen-bond acceptors (Lipinski definition) is 4. The lowest BCUT2D eigenvalue weighted by Gasteiger charge is -2.41. The summed E-state index contributed by atoms with van der Waals surface area (Å²) in [6, 6.07) is 6.12. The van der Waals surface area contributed by atoms with Gasteiger partial charge in [-0.3, -0.25) is 4.79 Å². The van der Waals surface area contributed by atoms with E-state index in [4.69, 9.17) is 9.47 Å². The van der Waals surface area contributed by atoms with Crippen LogP contribution in [0.3, 0.4) is 0 Å². The van der Waals surface area contributed by atoms with E-state index in [1.165, 1.54) is 5.56 Å². The molecule has 1 amide bonds. The van der Waals surface area contributed by atoms with Crippen molar-refractivity contribution in [2.24, 2.45) is 10.8 Å². The second-order valence-corrected chi connectivity index (χ2v) is 8.08. The third-order valence-corrected chi connectivity index (χ3v) is 5.75. The molecule has 0 aromatic heterocycles. The van der Waals surface area contributed by atoms with Crippen LogP contribution in [0.25, 0.3) is 0 Å². The maximum Gasteiger partial charge on any atom is 0.231 e. The van der Waals surface area contributed by atoms with E-state index in [0.29, 0.717) is 19.8 Å². The van der Waals surface area contributed by atoms with E-state index in [2.05, 4.69) is 19.1 Å². The average molecular weight is 331 g/mol. The highest BCUT2D eigenvalue weighted by Gasteiger charge is 2.46. The minimum absolute atomic E-state index is 0.0212. The van der Waals surface area contributed by atoms with Crippen LogP contribution in [-0.2, 0) is 11.2 Å². The molecule has 2 fully saturated rings. The van der Waals surface area contributed by atoms with Gasteiger partial charge in [0.25, 0.3) is 0 Å². The standard InChI is InChI=1S/C19H25NO4/c1-18(9-14-2-3-15-16(8-14)24-13-23-15)5-4-17(22)20(10-18)11-19(12-21)6-7-19/h2-3,8,21H,4-7,9-13H2,1H3. The molecule has 1 saturated heterocycles. The SMILES string of the molecule is CC1(Cc2ccc3c(c2)OCO3)CCC(=O)N(CC2(CO)CC2)C1. The van der Waals surface area contributed by atoms with Gasteiger partial charge in [-0.15, -0.1) is 0 Å². The highest BCUT2D eigenvalue weighted by molar-refractivity contribution is 5.77. The average Bonchev–Trinajstić information content (AvgIpc) is 3.18. The number of aliphatic hydroxyl groups excluding tert-OH is 1. The fraction of sp³-hybridized carbons (Fsp3) is 0.632. The minimum atomic E-state index is -0.0212. The number of rotatable bonds is 5. The Balaban J connectivity index is 1.46. The van der Waals surface area contributed by atoms with Crippen molar-refractivity contribution in [2.45, 2.75) is 39.0 Å². The molecule has 5 heteroatoms. The van der Waals surface area contributed by atoms with Gasteiger partial charge in [-0.1, -0.05) is 13.0 Å². The molecule has 1 aliphatic carbocycles. The molecule has 1 atom stereocenters. The summed E-state index contributed by atoms with van der Waals surface area (Å²) >= 11 is 0. The van der Waals surface area contributed by atoms with E-state index < -0.39 is 0 Å². The summed E-state index contributed by atoms with van der Waals surface area (Å²) in [6.45, 7) is 4.22. The second kappa shape index (κ2) is 5.66. The first kappa shape index (κ1) is 15.8. The van der Waals surface area contributed by atoms with E-state index in [-0.39, 0.29) is 23.3 Å². The van der Waals surface area contributed by atoms with E-state index in [1.54, 1.807) is 0 Å². The maximum atomic E-state index is 12.3. The van der Waals surface area contributed by atoms with Crippen LogP contribution in [0.1, 0.15) is 38.2 Å². The van der Waals surface area contributed by atoms with Crippen LogP contribution in [0, 0.1) is 10.8 Å². The van der Waals surface area contributed by atoms with Gasteiger partial charge in [0.1, 0.15) is 0 Å². The van der Waals surface area contributed by atoms with Gasteiger partial charge in [-0.05, 0) is 48.8 Å². The number of carbonyl (C=O) groups excluding carboxylic acids is 1. The third kappa shape index (κ3) is 2.97. The van der Waals surface area contributed by atoms with E-state index in [1.807, 2.05) is 11.0 Å². The fourth-order valence-electron chi connectivity index (χ4n) is 3.97. The van der Waals surface area contributed by atoms with Crippen LogP contribution in [0.4, 0.5) is 0 Å². The van der Waals surface area contributed by atoms with Crippen molar-refractivity contribution in [2.75, 3.05) is 26.5 Å². The molecule has 0 spiro atoms. The number of nitrogens with zero attached hydrogens (tertiary/aromatic N) is 1. The number of amides is 1. The Morgan fingerprint density at radius 2 is 2.00 bits per heavy atom. The number of fused-ring (bicyclic) bond motifs is 1. The molecular weight excluding hydrogens is 306 g/mol. The zero-order valence-electron chi connectivity index (χ0n) is 14.2. The smallest absolute Gasteiger partial charge is 0.231 e. The van der Waals surface area contributed by atoms with Crippen LogP contribution in [-0.4, -0.2) is 42.4 Å². The highest BCUT2D eigenvalue weighted by Crippen LogP contribution is 2.47. The van der Waals surface area contributed by atoms with Gasteiger partial charge < -0.3 is 19.5 Å². The Labute approximate surface area is 142 Å². The molecule has 0 radical (unpaired) electrons. The Kier molecular flexibility index (Phi) is 3.71. The van der Waals surface area contributed by atoms with Crippen molar-refractivity contribution in [3.8, 4) is 11.5 Å². The molecule has 1 saturated carbocycles. The van der Waals surface area contributed by atoms with E-state index in [9.17, 15) is 9.90 Å².